The maximum absolute atomic E-state index is 12.8. The number of benzene rings is 1. The highest BCUT2D eigenvalue weighted by Crippen LogP contribution is 2.23. The molecular weight excluding hydrogens is 407 g/mol. The number of carbonyl (C=O) groups excluding carboxylic acids is 2. The molecule has 2 atom stereocenters. The van der Waals surface area contributed by atoms with Crippen LogP contribution in [0.15, 0.2) is 35.9 Å². The van der Waals surface area contributed by atoms with Gasteiger partial charge < -0.3 is 25.6 Å². The zero-order valence-electron chi connectivity index (χ0n) is 19.3. The van der Waals surface area contributed by atoms with Gasteiger partial charge >= 0.3 is 13.1 Å². The normalized spacial score (nSPS) is 17.5. The van der Waals surface area contributed by atoms with Crippen molar-refractivity contribution in [2.45, 2.75) is 58.9 Å². The molecule has 0 aliphatic carbocycles. The Bertz CT molecular complexity index is 871. The molecule has 0 aromatic heterocycles. The molecule has 32 heavy (non-hydrogen) atoms. The van der Waals surface area contributed by atoms with E-state index in [9.17, 15) is 24.9 Å². The largest absolute Gasteiger partial charge is 0.475 e. The third-order valence-electron chi connectivity index (χ3n) is 5.32. The van der Waals surface area contributed by atoms with Crippen molar-refractivity contribution in [3.63, 3.8) is 0 Å². The number of urea groups is 1. The fraction of sp³-hybridized carbons (Fsp3) is 0.522. The molecule has 1 fully saturated rings. The van der Waals surface area contributed by atoms with E-state index in [4.69, 9.17) is 0 Å². The van der Waals surface area contributed by atoms with E-state index in [0.29, 0.717) is 6.54 Å². The van der Waals surface area contributed by atoms with E-state index in [1.165, 1.54) is 0 Å². The number of nitrogens with one attached hydrogen (secondary N) is 2. The van der Waals surface area contributed by atoms with E-state index in [2.05, 4.69) is 10.6 Å². The average Bonchev–Trinajstić information content (AvgIpc) is 3.19. The lowest BCUT2D eigenvalue weighted by Crippen LogP contribution is -2.53. The second kappa shape index (κ2) is 11.2. The number of nitriles is 1. The highest BCUT2D eigenvalue weighted by molar-refractivity contribution is 6.43. The van der Waals surface area contributed by atoms with Gasteiger partial charge in [0.2, 0.25) is 0 Å². The van der Waals surface area contributed by atoms with Gasteiger partial charge in [-0.15, -0.1) is 0 Å². The monoisotopic (exact) mass is 440 g/mol. The maximum Gasteiger partial charge on any atom is 0.475 e. The van der Waals surface area contributed by atoms with E-state index >= 15 is 0 Å². The Morgan fingerprint density at radius 2 is 1.97 bits per heavy atom. The predicted octanol–water partition coefficient (Wildman–Crippen LogP) is 1.70. The number of rotatable bonds is 7. The van der Waals surface area contributed by atoms with Crippen LogP contribution in [0.25, 0.3) is 0 Å². The first-order chi connectivity index (χ1) is 15.0. The lowest BCUT2D eigenvalue weighted by atomic mass is 9.76. The number of carbonyl (C=O) groups is 2. The molecule has 0 bridgehead atoms. The summed E-state index contributed by atoms with van der Waals surface area (Å²) in [5, 5.41) is 34.1. The lowest BCUT2D eigenvalue weighted by Gasteiger charge is -2.26. The molecule has 1 aromatic carbocycles. The Balaban J connectivity index is 1.95. The summed E-state index contributed by atoms with van der Waals surface area (Å²) < 4.78 is 0. The molecule has 4 N–H and O–H groups in total. The number of amides is 3. The summed E-state index contributed by atoms with van der Waals surface area (Å²) in [6.07, 6.45) is 3.45. The summed E-state index contributed by atoms with van der Waals surface area (Å²) in [6, 6.07) is 8.84. The van der Waals surface area contributed by atoms with E-state index in [1.54, 1.807) is 11.0 Å². The van der Waals surface area contributed by atoms with Crippen molar-refractivity contribution in [3.05, 3.63) is 47.0 Å². The Hall–Kier alpha value is -2.83. The standard InChI is InChI=1S/C23H33BN4O4/c1-16-7-9-17(10-8-16)12-20(24(31)32)27-22(30)26-15-19-6-5-11-28(19)21(29)18(14-25)13-23(2,3)4/h7-10,13,19-20,31-32H,5-6,11-12,15H2,1-4H3,(H2,26,27,30)/b18-13+/t19-,20-/m0/s1. The molecule has 0 unspecified atom stereocenters. The summed E-state index contributed by atoms with van der Waals surface area (Å²) in [5.41, 5.74) is 1.77. The average molecular weight is 440 g/mol. The number of allylic oxidation sites excluding steroid dienone is 1. The molecule has 1 aliphatic heterocycles. The predicted molar refractivity (Wildman–Crippen MR) is 123 cm³/mol. The molecule has 1 aromatic rings. The number of hydrogen-bond acceptors (Lipinski definition) is 5. The fourth-order valence-corrected chi connectivity index (χ4v) is 3.68. The van der Waals surface area contributed by atoms with E-state index in [1.807, 2.05) is 58.0 Å². The molecule has 8 nitrogen and oxygen atoms in total. The molecular formula is C23H33BN4O4. The van der Waals surface area contributed by atoms with Crippen LogP contribution in [0.4, 0.5) is 4.79 Å². The first-order valence-corrected chi connectivity index (χ1v) is 10.9. The molecule has 1 aliphatic rings. The van der Waals surface area contributed by atoms with Gasteiger partial charge in [-0.05, 0) is 37.2 Å². The van der Waals surface area contributed by atoms with Crippen LogP contribution in [0.1, 0.15) is 44.7 Å². The fourth-order valence-electron chi connectivity index (χ4n) is 3.68. The van der Waals surface area contributed by atoms with Gasteiger partial charge in [0.1, 0.15) is 11.6 Å². The van der Waals surface area contributed by atoms with Crippen LogP contribution < -0.4 is 10.6 Å². The molecule has 0 radical (unpaired) electrons. The van der Waals surface area contributed by atoms with Crippen molar-refractivity contribution in [2.75, 3.05) is 13.1 Å². The van der Waals surface area contributed by atoms with Crippen LogP contribution in [0.5, 0.6) is 0 Å². The van der Waals surface area contributed by atoms with Gasteiger partial charge in [0.15, 0.2) is 0 Å². The van der Waals surface area contributed by atoms with Crippen LogP contribution in [0.2, 0.25) is 0 Å². The summed E-state index contributed by atoms with van der Waals surface area (Å²) in [7, 11) is -1.72. The minimum Gasteiger partial charge on any atom is -0.426 e. The Kier molecular flexibility index (Phi) is 8.87. The number of nitrogens with zero attached hydrogens (tertiary/aromatic N) is 2. The van der Waals surface area contributed by atoms with E-state index < -0.39 is 19.1 Å². The third-order valence-corrected chi connectivity index (χ3v) is 5.32. The lowest BCUT2D eigenvalue weighted by molar-refractivity contribution is -0.127. The minimum atomic E-state index is -1.72. The quantitative estimate of drug-likeness (QED) is 0.292. The molecule has 172 valence electrons. The zero-order valence-corrected chi connectivity index (χ0v) is 19.3. The molecule has 3 amide bonds. The Morgan fingerprint density at radius 1 is 1.31 bits per heavy atom. The van der Waals surface area contributed by atoms with Gasteiger partial charge in [-0.25, -0.2) is 4.79 Å². The first-order valence-electron chi connectivity index (χ1n) is 10.9. The van der Waals surface area contributed by atoms with Crippen molar-refractivity contribution < 1.29 is 19.6 Å². The van der Waals surface area contributed by atoms with E-state index in [0.717, 1.165) is 24.0 Å². The summed E-state index contributed by atoms with van der Waals surface area (Å²) >= 11 is 0. The summed E-state index contributed by atoms with van der Waals surface area (Å²) in [5.74, 6) is -1.20. The van der Waals surface area contributed by atoms with Crippen molar-refractivity contribution in [2.24, 2.45) is 5.41 Å². The summed E-state index contributed by atoms with van der Waals surface area (Å²) in [6.45, 7) is 8.48. The Morgan fingerprint density at radius 3 is 2.53 bits per heavy atom. The van der Waals surface area contributed by atoms with Crippen LogP contribution in [0, 0.1) is 23.7 Å². The maximum atomic E-state index is 12.8. The van der Waals surface area contributed by atoms with Crippen molar-refractivity contribution in [1.82, 2.24) is 15.5 Å². The van der Waals surface area contributed by atoms with Crippen LogP contribution >= 0.6 is 0 Å². The van der Waals surface area contributed by atoms with Crippen molar-refractivity contribution in [1.29, 1.82) is 5.26 Å². The molecule has 0 saturated carbocycles. The highest BCUT2D eigenvalue weighted by atomic mass is 16.4. The number of likely N-dealkylation sites (tertiary alicyclic amines) is 1. The van der Waals surface area contributed by atoms with Gasteiger partial charge in [0, 0.05) is 19.1 Å². The third kappa shape index (κ3) is 7.70. The smallest absolute Gasteiger partial charge is 0.426 e. The van der Waals surface area contributed by atoms with Crippen LogP contribution in [-0.4, -0.2) is 59.1 Å². The van der Waals surface area contributed by atoms with Crippen LogP contribution in [0.3, 0.4) is 0 Å². The highest BCUT2D eigenvalue weighted by Gasteiger charge is 2.32. The van der Waals surface area contributed by atoms with Crippen molar-refractivity contribution >= 4 is 19.1 Å². The minimum absolute atomic E-state index is 0.107. The van der Waals surface area contributed by atoms with Gasteiger partial charge in [0.05, 0.1) is 5.94 Å². The Labute approximate surface area is 190 Å². The number of hydrogen-bond donors (Lipinski definition) is 4. The second-order valence-corrected chi connectivity index (χ2v) is 9.39. The van der Waals surface area contributed by atoms with Gasteiger partial charge in [-0.1, -0.05) is 56.7 Å². The van der Waals surface area contributed by atoms with Crippen LogP contribution in [-0.2, 0) is 11.2 Å². The van der Waals surface area contributed by atoms with E-state index in [-0.39, 0.29) is 35.9 Å². The van der Waals surface area contributed by atoms with Gasteiger partial charge in [-0.2, -0.15) is 5.26 Å². The van der Waals surface area contributed by atoms with Gasteiger partial charge in [0.25, 0.3) is 5.91 Å². The number of aryl methyl sites for hydroxylation is 1. The summed E-state index contributed by atoms with van der Waals surface area (Å²) in [4.78, 5) is 26.9. The van der Waals surface area contributed by atoms with Crippen molar-refractivity contribution in [3.8, 4) is 6.07 Å². The molecule has 2 rings (SSSR count). The molecule has 0 spiro atoms. The molecule has 9 heteroatoms. The van der Waals surface area contributed by atoms with Gasteiger partial charge in [-0.3, -0.25) is 4.79 Å². The molecule has 1 saturated heterocycles. The molecule has 1 heterocycles. The topological polar surface area (TPSA) is 126 Å². The first kappa shape index (κ1) is 25.4. The zero-order chi connectivity index (χ0) is 23.9. The SMILES string of the molecule is Cc1ccc(C[C@H](NC(=O)NC[C@@H]2CCCN2C(=O)/C(C#N)=C/C(C)(C)C)B(O)O)cc1. The second-order valence-electron chi connectivity index (χ2n) is 9.39.